The number of ether oxygens (including phenoxy) is 1. The molecule has 1 saturated heterocycles. The summed E-state index contributed by atoms with van der Waals surface area (Å²) in [6.07, 6.45) is 1.13. The van der Waals surface area contributed by atoms with Gasteiger partial charge in [0.25, 0.3) is 0 Å². The SMILES string of the molecule is CC[C@H](C)[C@H](NC(=O)[C@H]1CCCN1C(=O)[C@H](C)NC(=O)OC(C)(C)C)C(N)=O. The molecule has 28 heavy (non-hydrogen) atoms. The van der Waals surface area contributed by atoms with Crippen LogP contribution in [0.4, 0.5) is 4.79 Å². The van der Waals surface area contributed by atoms with E-state index in [1.807, 2.05) is 13.8 Å². The molecule has 0 bridgehead atoms. The standard InChI is InChI=1S/C19H34N4O5/c1-7-11(2)14(15(20)24)22-16(25)13-9-8-10-23(13)17(26)12(3)21-18(27)28-19(4,5)6/h11-14H,7-10H2,1-6H3,(H2,20,24)(H,21,27)(H,22,25)/t11-,12-,13+,14-/m0/s1. The minimum absolute atomic E-state index is 0.111. The summed E-state index contributed by atoms with van der Waals surface area (Å²) in [4.78, 5) is 50.5. The van der Waals surface area contributed by atoms with Crippen molar-refractivity contribution < 1.29 is 23.9 Å². The van der Waals surface area contributed by atoms with E-state index in [-0.39, 0.29) is 11.8 Å². The zero-order valence-corrected chi connectivity index (χ0v) is 17.7. The third kappa shape index (κ3) is 6.69. The van der Waals surface area contributed by atoms with Gasteiger partial charge in [0.1, 0.15) is 23.7 Å². The predicted molar refractivity (Wildman–Crippen MR) is 104 cm³/mol. The normalized spacial score (nSPS) is 20.1. The maximum atomic E-state index is 12.8. The van der Waals surface area contributed by atoms with Gasteiger partial charge >= 0.3 is 6.09 Å². The average molecular weight is 399 g/mol. The van der Waals surface area contributed by atoms with E-state index in [9.17, 15) is 19.2 Å². The predicted octanol–water partition coefficient (Wildman–Crippen LogP) is 0.907. The monoisotopic (exact) mass is 398 g/mol. The number of rotatable bonds is 7. The van der Waals surface area contributed by atoms with Gasteiger partial charge in [-0.3, -0.25) is 14.4 Å². The summed E-state index contributed by atoms with van der Waals surface area (Å²) in [5.41, 5.74) is 4.73. The van der Waals surface area contributed by atoms with E-state index < -0.39 is 41.6 Å². The second-order valence-corrected chi connectivity index (χ2v) is 8.33. The van der Waals surface area contributed by atoms with Crippen LogP contribution in [0.5, 0.6) is 0 Å². The van der Waals surface area contributed by atoms with Crippen LogP contribution in [0.3, 0.4) is 0 Å². The van der Waals surface area contributed by atoms with Crippen LogP contribution >= 0.6 is 0 Å². The fourth-order valence-corrected chi connectivity index (χ4v) is 3.08. The molecule has 9 heteroatoms. The number of amides is 4. The van der Waals surface area contributed by atoms with Gasteiger partial charge in [0.05, 0.1) is 0 Å². The Morgan fingerprint density at radius 3 is 2.29 bits per heavy atom. The Morgan fingerprint density at radius 1 is 1.18 bits per heavy atom. The van der Waals surface area contributed by atoms with E-state index in [4.69, 9.17) is 10.5 Å². The first-order chi connectivity index (χ1) is 12.9. The number of carbonyl (C=O) groups excluding carboxylic acids is 4. The van der Waals surface area contributed by atoms with E-state index in [1.54, 1.807) is 27.7 Å². The zero-order chi connectivity index (χ0) is 21.6. The summed E-state index contributed by atoms with van der Waals surface area (Å²) >= 11 is 0. The molecule has 0 aromatic heterocycles. The lowest BCUT2D eigenvalue weighted by Crippen LogP contribution is -2.56. The molecular formula is C19H34N4O5. The Hall–Kier alpha value is -2.32. The third-order valence-electron chi connectivity index (χ3n) is 4.76. The lowest BCUT2D eigenvalue weighted by Gasteiger charge is -2.29. The molecule has 1 fully saturated rings. The smallest absolute Gasteiger partial charge is 0.408 e. The number of hydrogen-bond donors (Lipinski definition) is 3. The van der Waals surface area contributed by atoms with E-state index in [1.165, 1.54) is 4.90 Å². The van der Waals surface area contributed by atoms with Crippen molar-refractivity contribution in [1.29, 1.82) is 0 Å². The summed E-state index contributed by atoms with van der Waals surface area (Å²) in [5.74, 6) is -1.49. The second-order valence-electron chi connectivity index (χ2n) is 8.33. The molecule has 0 aliphatic carbocycles. The molecule has 0 unspecified atom stereocenters. The topological polar surface area (TPSA) is 131 Å². The number of primary amides is 1. The van der Waals surface area contributed by atoms with Crippen LogP contribution in [-0.2, 0) is 19.1 Å². The van der Waals surface area contributed by atoms with Crippen LogP contribution in [0, 0.1) is 5.92 Å². The van der Waals surface area contributed by atoms with Crippen molar-refractivity contribution in [3.05, 3.63) is 0 Å². The van der Waals surface area contributed by atoms with Crippen LogP contribution in [0.2, 0.25) is 0 Å². The summed E-state index contributed by atoms with van der Waals surface area (Å²) in [6.45, 7) is 10.9. The Balaban J connectivity index is 2.77. The highest BCUT2D eigenvalue weighted by Gasteiger charge is 2.38. The molecule has 1 rings (SSSR count). The van der Waals surface area contributed by atoms with Crippen molar-refractivity contribution in [2.75, 3.05) is 6.54 Å². The van der Waals surface area contributed by atoms with Crippen LogP contribution in [0.15, 0.2) is 0 Å². The molecule has 0 saturated carbocycles. The van der Waals surface area contributed by atoms with Crippen LogP contribution < -0.4 is 16.4 Å². The molecular weight excluding hydrogens is 364 g/mol. The number of nitrogens with one attached hydrogen (secondary N) is 2. The summed E-state index contributed by atoms with van der Waals surface area (Å²) in [5, 5.41) is 5.19. The highest BCUT2D eigenvalue weighted by molar-refractivity contribution is 5.93. The molecule has 4 N–H and O–H groups in total. The molecule has 0 radical (unpaired) electrons. The number of alkyl carbamates (subject to hydrolysis) is 1. The van der Waals surface area contributed by atoms with E-state index in [0.29, 0.717) is 25.8 Å². The van der Waals surface area contributed by atoms with Gasteiger partial charge in [-0.15, -0.1) is 0 Å². The highest BCUT2D eigenvalue weighted by Crippen LogP contribution is 2.20. The van der Waals surface area contributed by atoms with Gasteiger partial charge in [-0.1, -0.05) is 20.3 Å². The molecule has 4 amide bonds. The summed E-state index contributed by atoms with van der Waals surface area (Å²) in [6, 6.07) is -2.32. The van der Waals surface area contributed by atoms with Gasteiger partial charge in [-0.25, -0.2) is 4.79 Å². The Morgan fingerprint density at radius 2 is 1.79 bits per heavy atom. The summed E-state index contributed by atoms with van der Waals surface area (Å²) in [7, 11) is 0. The maximum absolute atomic E-state index is 12.8. The van der Waals surface area contributed by atoms with Crippen molar-refractivity contribution >= 4 is 23.8 Å². The molecule has 0 aromatic carbocycles. The molecule has 1 aliphatic rings. The fraction of sp³-hybridized carbons (Fsp3) is 0.789. The van der Waals surface area contributed by atoms with Gasteiger partial charge in [0.15, 0.2) is 0 Å². The van der Waals surface area contributed by atoms with E-state index in [0.717, 1.165) is 0 Å². The van der Waals surface area contributed by atoms with E-state index in [2.05, 4.69) is 10.6 Å². The van der Waals surface area contributed by atoms with Crippen molar-refractivity contribution in [1.82, 2.24) is 15.5 Å². The first-order valence-corrected chi connectivity index (χ1v) is 9.77. The van der Waals surface area contributed by atoms with Gasteiger partial charge in [-0.05, 0) is 46.5 Å². The number of nitrogens with zero attached hydrogens (tertiary/aromatic N) is 1. The van der Waals surface area contributed by atoms with Crippen LogP contribution in [-0.4, -0.2) is 59.0 Å². The molecule has 9 nitrogen and oxygen atoms in total. The highest BCUT2D eigenvalue weighted by atomic mass is 16.6. The van der Waals surface area contributed by atoms with Crippen molar-refractivity contribution in [3.8, 4) is 0 Å². The van der Waals surface area contributed by atoms with Gasteiger partial charge in [0, 0.05) is 6.54 Å². The minimum atomic E-state index is -0.843. The number of likely N-dealkylation sites (tertiary alicyclic amines) is 1. The molecule has 0 aromatic rings. The maximum Gasteiger partial charge on any atom is 0.408 e. The number of carbonyl (C=O) groups is 4. The van der Waals surface area contributed by atoms with Gasteiger partial charge in [-0.2, -0.15) is 0 Å². The fourth-order valence-electron chi connectivity index (χ4n) is 3.08. The van der Waals surface area contributed by atoms with Gasteiger partial charge in [0.2, 0.25) is 17.7 Å². The molecule has 1 aliphatic heterocycles. The molecule has 1 heterocycles. The minimum Gasteiger partial charge on any atom is -0.444 e. The Labute approximate surface area is 166 Å². The molecule has 0 spiro atoms. The van der Waals surface area contributed by atoms with Crippen LogP contribution in [0.25, 0.3) is 0 Å². The molecule has 4 atom stereocenters. The lowest BCUT2D eigenvalue weighted by atomic mass is 9.98. The third-order valence-corrected chi connectivity index (χ3v) is 4.76. The van der Waals surface area contributed by atoms with E-state index >= 15 is 0 Å². The quantitative estimate of drug-likeness (QED) is 0.586. The number of nitrogens with two attached hydrogens (primary N) is 1. The zero-order valence-electron chi connectivity index (χ0n) is 17.7. The largest absolute Gasteiger partial charge is 0.444 e. The van der Waals surface area contributed by atoms with Crippen molar-refractivity contribution in [2.45, 2.75) is 84.5 Å². The first-order valence-electron chi connectivity index (χ1n) is 9.77. The average Bonchev–Trinajstić information content (AvgIpc) is 3.05. The Bertz CT molecular complexity index is 602. The summed E-state index contributed by atoms with van der Waals surface area (Å²) < 4.78 is 5.16. The number of hydrogen-bond acceptors (Lipinski definition) is 5. The molecule has 160 valence electrons. The first kappa shape index (κ1) is 23.7. The van der Waals surface area contributed by atoms with Gasteiger partial charge < -0.3 is 26.0 Å². The van der Waals surface area contributed by atoms with Crippen LogP contribution in [0.1, 0.15) is 60.8 Å². The second kappa shape index (κ2) is 9.75. The Kier molecular flexibility index (Phi) is 8.26. The van der Waals surface area contributed by atoms with Crippen molar-refractivity contribution in [2.24, 2.45) is 11.7 Å². The lowest BCUT2D eigenvalue weighted by molar-refractivity contribution is -0.140. The van der Waals surface area contributed by atoms with Crippen molar-refractivity contribution in [3.63, 3.8) is 0 Å².